The molecule has 2 atom stereocenters. The standard InChI is InChI=1S/C8H14F3N/c1-6-3-4-12(2)5-7(6)8(9,10)11/h6-7H,3-5H2,1-2H3. The Bertz CT molecular complexity index is 155. The van der Waals surface area contributed by atoms with E-state index in [0.717, 1.165) is 6.54 Å². The molecule has 0 N–H and O–H groups in total. The van der Waals surface area contributed by atoms with Gasteiger partial charge in [0.05, 0.1) is 5.92 Å². The van der Waals surface area contributed by atoms with Gasteiger partial charge in [-0.25, -0.2) is 0 Å². The highest BCUT2D eigenvalue weighted by atomic mass is 19.4. The molecule has 72 valence electrons. The largest absolute Gasteiger partial charge is 0.393 e. The lowest BCUT2D eigenvalue weighted by Gasteiger charge is -2.35. The fraction of sp³-hybridized carbons (Fsp3) is 1.00. The van der Waals surface area contributed by atoms with Gasteiger partial charge in [0.15, 0.2) is 0 Å². The normalized spacial score (nSPS) is 33.8. The van der Waals surface area contributed by atoms with Gasteiger partial charge in [-0.15, -0.1) is 0 Å². The van der Waals surface area contributed by atoms with Crippen LogP contribution in [0.15, 0.2) is 0 Å². The number of likely N-dealkylation sites (tertiary alicyclic amines) is 1. The van der Waals surface area contributed by atoms with Crippen LogP contribution in [0.2, 0.25) is 0 Å². The van der Waals surface area contributed by atoms with Crippen molar-refractivity contribution in [2.45, 2.75) is 19.5 Å². The van der Waals surface area contributed by atoms with Crippen LogP contribution in [0, 0.1) is 11.8 Å². The van der Waals surface area contributed by atoms with Gasteiger partial charge in [-0.1, -0.05) is 6.92 Å². The Hall–Kier alpha value is -0.250. The molecule has 1 rings (SSSR count). The average Bonchev–Trinajstić information content (AvgIpc) is 1.92. The molecule has 0 spiro atoms. The van der Waals surface area contributed by atoms with E-state index in [4.69, 9.17) is 0 Å². The van der Waals surface area contributed by atoms with Crippen LogP contribution in [0.4, 0.5) is 13.2 Å². The van der Waals surface area contributed by atoms with Crippen LogP contribution >= 0.6 is 0 Å². The fourth-order valence-electron chi connectivity index (χ4n) is 1.66. The predicted molar refractivity (Wildman–Crippen MR) is 40.8 cm³/mol. The van der Waals surface area contributed by atoms with E-state index in [9.17, 15) is 13.2 Å². The summed E-state index contributed by atoms with van der Waals surface area (Å²) in [6, 6.07) is 0. The molecule has 0 saturated carbocycles. The van der Waals surface area contributed by atoms with Gasteiger partial charge in [0.1, 0.15) is 0 Å². The number of alkyl halides is 3. The predicted octanol–water partition coefficient (Wildman–Crippen LogP) is 2.14. The molecule has 0 radical (unpaired) electrons. The zero-order chi connectivity index (χ0) is 9.35. The van der Waals surface area contributed by atoms with Gasteiger partial charge in [0.2, 0.25) is 0 Å². The molecular weight excluding hydrogens is 167 g/mol. The Balaban J connectivity index is 2.61. The molecule has 0 aliphatic carbocycles. The summed E-state index contributed by atoms with van der Waals surface area (Å²) >= 11 is 0. The van der Waals surface area contributed by atoms with Crippen molar-refractivity contribution in [3.63, 3.8) is 0 Å². The van der Waals surface area contributed by atoms with E-state index >= 15 is 0 Å². The summed E-state index contributed by atoms with van der Waals surface area (Å²) in [5.41, 5.74) is 0. The molecular formula is C8H14F3N. The summed E-state index contributed by atoms with van der Waals surface area (Å²) in [6.45, 7) is 2.63. The van der Waals surface area contributed by atoms with Crippen LogP contribution in [0.25, 0.3) is 0 Å². The number of hydrogen-bond acceptors (Lipinski definition) is 1. The molecule has 2 unspecified atom stereocenters. The third-order valence-electron chi connectivity index (χ3n) is 2.58. The second-order valence-corrected chi connectivity index (χ2v) is 3.68. The highest BCUT2D eigenvalue weighted by molar-refractivity contribution is 4.81. The lowest BCUT2D eigenvalue weighted by atomic mass is 9.87. The zero-order valence-corrected chi connectivity index (χ0v) is 7.36. The van der Waals surface area contributed by atoms with Crippen molar-refractivity contribution in [1.82, 2.24) is 4.90 Å². The van der Waals surface area contributed by atoms with Gasteiger partial charge < -0.3 is 4.90 Å². The molecule has 1 fully saturated rings. The van der Waals surface area contributed by atoms with Crippen LogP contribution in [0.1, 0.15) is 13.3 Å². The van der Waals surface area contributed by atoms with Crippen molar-refractivity contribution < 1.29 is 13.2 Å². The Morgan fingerprint density at radius 2 is 1.92 bits per heavy atom. The number of nitrogens with zero attached hydrogens (tertiary/aromatic N) is 1. The van der Waals surface area contributed by atoms with E-state index < -0.39 is 12.1 Å². The number of halogens is 3. The Labute approximate surface area is 70.5 Å². The lowest BCUT2D eigenvalue weighted by molar-refractivity contribution is -0.198. The van der Waals surface area contributed by atoms with E-state index in [1.54, 1.807) is 18.9 Å². The molecule has 12 heavy (non-hydrogen) atoms. The van der Waals surface area contributed by atoms with Crippen molar-refractivity contribution in [2.24, 2.45) is 11.8 Å². The van der Waals surface area contributed by atoms with Crippen molar-refractivity contribution in [3.8, 4) is 0 Å². The van der Waals surface area contributed by atoms with Crippen molar-refractivity contribution in [1.29, 1.82) is 0 Å². The maximum Gasteiger partial charge on any atom is 0.393 e. The Morgan fingerprint density at radius 3 is 2.33 bits per heavy atom. The van der Waals surface area contributed by atoms with E-state index in [2.05, 4.69) is 0 Å². The second kappa shape index (κ2) is 3.24. The molecule has 0 aromatic rings. The van der Waals surface area contributed by atoms with Gasteiger partial charge in [-0.2, -0.15) is 13.2 Å². The van der Waals surface area contributed by atoms with Crippen LogP contribution in [0.3, 0.4) is 0 Å². The van der Waals surface area contributed by atoms with Crippen LogP contribution in [0.5, 0.6) is 0 Å². The fourth-order valence-corrected chi connectivity index (χ4v) is 1.66. The minimum atomic E-state index is -4.02. The molecule has 4 heteroatoms. The average molecular weight is 181 g/mol. The van der Waals surface area contributed by atoms with Gasteiger partial charge in [0, 0.05) is 6.54 Å². The molecule has 1 saturated heterocycles. The topological polar surface area (TPSA) is 3.24 Å². The lowest BCUT2D eigenvalue weighted by Crippen LogP contribution is -2.44. The molecule has 1 nitrogen and oxygen atoms in total. The Kier molecular flexibility index (Phi) is 2.66. The monoisotopic (exact) mass is 181 g/mol. The summed E-state index contributed by atoms with van der Waals surface area (Å²) in [4.78, 5) is 1.75. The van der Waals surface area contributed by atoms with Crippen molar-refractivity contribution in [3.05, 3.63) is 0 Å². The van der Waals surface area contributed by atoms with Crippen LogP contribution in [-0.2, 0) is 0 Å². The van der Waals surface area contributed by atoms with Gasteiger partial charge in [0.25, 0.3) is 0 Å². The number of piperidine rings is 1. The number of hydrogen-bond donors (Lipinski definition) is 0. The van der Waals surface area contributed by atoms with E-state index in [-0.39, 0.29) is 12.5 Å². The number of rotatable bonds is 0. The van der Waals surface area contributed by atoms with E-state index in [0.29, 0.717) is 6.42 Å². The first-order chi connectivity index (χ1) is 5.41. The first-order valence-electron chi connectivity index (χ1n) is 4.16. The molecule has 1 heterocycles. The quantitative estimate of drug-likeness (QED) is 0.553. The highest BCUT2D eigenvalue weighted by Gasteiger charge is 2.44. The van der Waals surface area contributed by atoms with Crippen molar-refractivity contribution in [2.75, 3.05) is 20.1 Å². The highest BCUT2D eigenvalue weighted by Crippen LogP contribution is 2.36. The van der Waals surface area contributed by atoms with E-state index in [1.165, 1.54) is 0 Å². The molecule has 0 aromatic carbocycles. The summed E-state index contributed by atoms with van der Waals surface area (Å²) in [5.74, 6) is -1.35. The van der Waals surface area contributed by atoms with Gasteiger partial charge in [-0.05, 0) is 25.9 Å². The molecule has 0 aromatic heterocycles. The molecule has 1 aliphatic heterocycles. The zero-order valence-electron chi connectivity index (χ0n) is 7.36. The minimum absolute atomic E-state index is 0.157. The van der Waals surface area contributed by atoms with Gasteiger partial charge in [-0.3, -0.25) is 0 Å². The van der Waals surface area contributed by atoms with E-state index in [1.807, 2.05) is 0 Å². The maximum atomic E-state index is 12.3. The first-order valence-corrected chi connectivity index (χ1v) is 4.16. The molecule has 0 bridgehead atoms. The van der Waals surface area contributed by atoms with Crippen molar-refractivity contribution >= 4 is 0 Å². The third-order valence-corrected chi connectivity index (χ3v) is 2.58. The maximum absolute atomic E-state index is 12.3. The third kappa shape index (κ3) is 2.12. The molecule has 0 amide bonds. The SMILES string of the molecule is CC1CCN(C)CC1C(F)(F)F. The van der Waals surface area contributed by atoms with Gasteiger partial charge >= 0.3 is 6.18 Å². The Morgan fingerprint density at radius 1 is 1.33 bits per heavy atom. The summed E-state index contributed by atoms with van der Waals surface area (Å²) in [7, 11) is 1.74. The smallest absolute Gasteiger partial charge is 0.306 e. The summed E-state index contributed by atoms with van der Waals surface area (Å²) < 4.78 is 37.0. The van der Waals surface area contributed by atoms with Crippen LogP contribution < -0.4 is 0 Å². The first kappa shape index (κ1) is 9.84. The summed E-state index contributed by atoms with van der Waals surface area (Å²) in [5, 5.41) is 0. The second-order valence-electron chi connectivity index (χ2n) is 3.68. The summed E-state index contributed by atoms with van der Waals surface area (Å²) in [6.07, 6.45) is -3.37. The van der Waals surface area contributed by atoms with Crippen LogP contribution in [-0.4, -0.2) is 31.2 Å². The minimum Gasteiger partial charge on any atom is -0.306 e. The molecule has 1 aliphatic rings.